The molecular formula is C22H32O3. The molecule has 3 nitrogen and oxygen atoms in total. The van der Waals surface area contributed by atoms with E-state index in [9.17, 15) is 14.7 Å². The summed E-state index contributed by atoms with van der Waals surface area (Å²) in [5.41, 5.74) is 2.61. The van der Waals surface area contributed by atoms with Gasteiger partial charge in [-0.2, -0.15) is 0 Å². The minimum atomic E-state index is -0.565. The highest BCUT2D eigenvalue weighted by Crippen LogP contribution is 2.60. The van der Waals surface area contributed by atoms with Crippen LogP contribution in [0.25, 0.3) is 0 Å². The normalized spacial score (nSPS) is 34.0. The summed E-state index contributed by atoms with van der Waals surface area (Å²) in [5, 5.41) is 10.8. The lowest BCUT2D eigenvalue weighted by molar-refractivity contribution is -0.121. The number of ketones is 2. The molecule has 3 unspecified atom stereocenters. The summed E-state index contributed by atoms with van der Waals surface area (Å²) in [7, 11) is 0. The van der Waals surface area contributed by atoms with E-state index in [1.807, 2.05) is 20.8 Å². The highest BCUT2D eigenvalue weighted by molar-refractivity contribution is 6.25. The average molecular weight is 344 g/mol. The smallest absolute Gasteiger partial charge is 0.186 e. The second kappa shape index (κ2) is 6.35. The highest BCUT2D eigenvalue weighted by Gasteiger charge is 2.57. The molecule has 0 fully saturated rings. The molecule has 0 spiro atoms. The molecule has 0 radical (unpaired) electrons. The summed E-state index contributed by atoms with van der Waals surface area (Å²) in [5.74, 6) is 0.157. The Labute approximate surface area is 151 Å². The standard InChI is InChI=1S/C20H26O3.C2H6/c1-10-7-8-14-19(4,5)15-13(9-20(14,6)18(10)23)16(21)11(2)12(3)17(15)22;1-2/h7,14,18,23H,8-9H2,1-6H3;1-2H3. The molecule has 0 aliphatic heterocycles. The largest absolute Gasteiger partial charge is 0.388 e. The number of fused-ring (bicyclic) bond motifs is 1. The van der Waals surface area contributed by atoms with Gasteiger partial charge in [0.15, 0.2) is 11.6 Å². The number of Topliss-reactive ketones (excluding diaryl/α,β-unsaturated/α-hetero) is 2. The molecule has 3 aliphatic rings. The van der Waals surface area contributed by atoms with E-state index >= 15 is 0 Å². The fraction of sp³-hybridized carbons (Fsp3) is 0.636. The van der Waals surface area contributed by atoms with Crippen LogP contribution in [0.5, 0.6) is 0 Å². The van der Waals surface area contributed by atoms with Crippen LogP contribution < -0.4 is 0 Å². The van der Waals surface area contributed by atoms with Crippen molar-refractivity contribution in [2.75, 3.05) is 0 Å². The zero-order valence-corrected chi connectivity index (χ0v) is 16.9. The summed E-state index contributed by atoms with van der Waals surface area (Å²) in [6.45, 7) is 15.6. The van der Waals surface area contributed by atoms with Crippen molar-refractivity contribution in [3.63, 3.8) is 0 Å². The third-order valence-corrected chi connectivity index (χ3v) is 6.65. The Morgan fingerprint density at radius 1 is 1.00 bits per heavy atom. The summed E-state index contributed by atoms with van der Waals surface area (Å²) >= 11 is 0. The Bertz CT molecular complexity index is 718. The zero-order chi connectivity index (χ0) is 19.3. The van der Waals surface area contributed by atoms with Gasteiger partial charge in [0, 0.05) is 27.7 Å². The maximum absolute atomic E-state index is 12.9. The Balaban J connectivity index is 0.00000109. The minimum absolute atomic E-state index is 0.00995. The predicted octanol–water partition coefficient (Wildman–Crippen LogP) is 4.56. The molecule has 0 aromatic rings. The van der Waals surface area contributed by atoms with Crippen molar-refractivity contribution in [2.45, 2.75) is 74.3 Å². The Kier molecular flexibility index (Phi) is 5.04. The second-order valence-electron chi connectivity index (χ2n) is 8.31. The van der Waals surface area contributed by atoms with Crippen molar-refractivity contribution in [2.24, 2.45) is 16.7 Å². The highest BCUT2D eigenvalue weighted by atomic mass is 16.3. The SMILES string of the molecule is CC.CC1=CCC2C(C)(C)C3=C(CC2(C)C1O)C(=O)C(C)=C(C)C3=O. The van der Waals surface area contributed by atoms with Crippen LogP contribution in [0.2, 0.25) is 0 Å². The van der Waals surface area contributed by atoms with Gasteiger partial charge >= 0.3 is 0 Å². The molecular weight excluding hydrogens is 312 g/mol. The first-order chi connectivity index (χ1) is 11.5. The van der Waals surface area contributed by atoms with Crippen molar-refractivity contribution in [1.29, 1.82) is 0 Å². The lowest BCUT2D eigenvalue weighted by atomic mass is 9.48. The van der Waals surface area contributed by atoms with E-state index < -0.39 is 16.9 Å². The number of hydrogen-bond acceptors (Lipinski definition) is 3. The lowest BCUT2D eigenvalue weighted by Crippen LogP contribution is -2.54. The van der Waals surface area contributed by atoms with E-state index in [1.54, 1.807) is 13.8 Å². The number of allylic oxidation sites excluding steroid dienone is 5. The molecule has 3 aliphatic carbocycles. The fourth-order valence-electron chi connectivity index (χ4n) is 5.14. The van der Waals surface area contributed by atoms with E-state index in [0.29, 0.717) is 28.7 Å². The number of carbonyl (C=O) groups is 2. The van der Waals surface area contributed by atoms with Gasteiger partial charge in [0.2, 0.25) is 0 Å². The van der Waals surface area contributed by atoms with E-state index in [2.05, 4.69) is 26.8 Å². The van der Waals surface area contributed by atoms with Gasteiger partial charge in [-0.05, 0) is 50.5 Å². The molecule has 3 heteroatoms. The van der Waals surface area contributed by atoms with Crippen molar-refractivity contribution in [3.8, 4) is 0 Å². The van der Waals surface area contributed by atoms with Crippen LogP contribution in [0.4, 0.5) is 0 Å². The Hall–Kier alpha value is -1.48. The maximum atomic E-state index is 12.9. The van der Waals surface area contributed by atoms with Crippen molar-refractivity contribution >= 4 is 11.6 Å². The second-order valence-corrected chi connectivity index (χ2v) is 8.31. The van der Waals surface area contributed by atoms with Gasteiger partial charge in [0.1, 0.15) is 0 Å². The van der Waals surface area contributed by atoms with Gasteiger partial charge < -0.3 is 5.11 Å². The monoisotopic (exact) mass is 344 g/mol. The molecule has 0 bridgehead atoms. The van der Waals surface area contributed by atoms with Crippen molar-refractivity contribution < 1.29 is 14.7 Å². The van der Waals surface area contributed by atoms with Crippen molar-refractivity contribution in [1.82, 2.24) is 0 Å². The van der Waals surface area contributed by atoms with E-state index in [0.717, 1.165) is 12.0 Å². The molecule has 0 heterocycles. The van der Waals surface area contributed by atoms with Gasteiger partial charge in [-0.3, -0.25) is 9.59 Å². The molecule has 0 amide bonds. The van der Waals surface area contributed by atoms with Crippen LogP contribution >= 0.6 is 0 Å². The molecule has 25 heavy (non-hydrogen) atoms. The molecule has 0 aromatic carbocycles. The molecule has 138 valence electrons. The number of aliphatic hydroxyl groups excluding tert-OH is 1. The van der Waals surface area contributed by atoms with Crippen LogP contribution in [0.3, 0.4) is 0 Å². The third-order valence-electron chi connectivity index (χ3n) is 6.65. The number of aliphatic hydroxyl groups is 1. The summed E-state index contributed by atoms with van der Waals surface area (Å²) in [6, 6.07) is 0. The van der Waals surface area contributed by atoms with E-state index in [4.69, 9.17) is 0 Å². The van der Waals surface area contributed by atoms with Gasteiger partial charge in [-0.25, -0.2) is 0 Å². The van der Waals surface area contributed by atoms with Gasteiger partial charge in [-0.15, -0.1) is 0 Å². The topological polar surface area (TPSA) is 54.4 Å². The first-order valence-corrected chi connectivity index (χ1v) is 9.38. The fourth-order valence-corrected chi connectivity index (χ4v) is 5.14. The van der Waals surface area contributed by atoms with Crippen LogP contribution in [0, 0.1) is 16.7 Å². The first kappa shape index (κ1) is 19.8. The van der Waals surface area contributed by atoms with Crippen LogP contribution in [-0.2, 0) is 9.59 Å². The minimum Gasteiger partial charge on any atom is -0.388 e. The molecule has 0 saturated carbocycles. The maximum Gasteiger partial charge on any atom is 0.186 e. The van der Waals surface area contributed by atoms with Crippen LogP contribution in [0.1, 0.15) is 68.2 Å². The summed E-state index contributed by atoms with van der Waals surface area (Å²) in [6.07, 6.45) is 2.85. The number of carbonyl (C=O) groups excluding carboxylic acids is 2. The zero-order valence-electron chi connectivity index (χ0n) is 16.9. The van der Waals surface area contributed by atoms with E-state index in [-0.39, 0.29) is 17.5 Å². The lowest BCUT2D eigenvalue weighted by Gasteiger charge is -2.56. The quantitative estimate of drug-likeness (QED) is 0.518. The van der Waals surface area contributed by atoms with Crippen LogP contribution in [-0.4, -0.2) is 22.8 Å². The third kappa shape index (κ3) is 2.59. The first-order valence-electron chi connectivity index (χ1n) is 9.38. The molecule has 0 saturated heterocycles. The number of hydrogen-bond donors (Lipinski definition) is 1. The molecule has 0 aromatic heterocycles. The van der Waals surface area contributed by atoms with Gasteiger partial charge in [0.05, 0.1) is 6.10 Å². The Morgan fingerprint density at radius 3 is 2.08 bits per heavy atom. The Morgan fingerprint density at radius 2 is 1.52 bits per heavy atom. The molecule has 3 rings (SSSR count). The molecule has 3 atom stereocenters. The van der Waals surface area contributed by atoms with Gasteiger partial charge in [-0.1, -0.05) is 40.7 Å². The summed E-state index contributed by atoms with van der Waals surface area (Å²) in [4.78, 5) is 25.8. The van der Waals surface area contributed by atoms with Crippen molar-refractivity contribution in [3.05, 3.63) is 33.9 Å². The average Bonchev–Trinajstić information content (AvgIpc) is 2.56. The molecule has 1 N–H and O–H groups in total. The van der Waals surface area contributed by atoms with Gasteiger partial charge in [0.25, 0.3) is 0 Å². The number of rotatable bonds is 0. The van der Waals surface area contributed by atoms with E-state index in [1.165, 1.54) is 0 Å². The van der Waals surface area contributed by atoms with Crippen LogP contribution in [0.15, 0.2) is 33.9 Å². The predicted molar refractivity (Wildman–Crippen MR) is 101 cm³/mol. The summed E-state index contributed by atoms with van der Waals surface area (Å²) < 4.78 is 0.